The zero-order valence-corrected chi connectivity index (χ0v) is 12.2. The summed E-state index contributed by atoms with van der Waals surface area (Å²) >= 11 is 5.63. The minimum Gasteiger partial charge on any atom is -0.361 e. The van der Waals surface area contributed by atoms with Gasteiger partial charge in [-0.15, -0.1) is 0 Å². The van der Waals surface area contributed by atoms with Crippen LogP contribution in [-0.4, -0.2) is 13.4 Å². The van der Waals surface area contributed by atoms with E-state index in [-0.39, 0.29) is 9.92 Å². The van der Waals surface area contributed by atoms with E-state index >= 15 is 0 Å². The minimum absolute atomic E-state index is 0.0959. The van der Waals surface area contributed by atoms with Crippen LogP contribution in [0.4, 0.5) is 10.1 Å². The molecule has 0 unspecified atom stereocenters. The summed E-state index contributed by atoms with van der Waals surface area (Å²) in [5.74, 6) is -0.664. The molecule has 1 aromatic heterocycles. The van der Waals surface area contributed by atoms with Gasteiger partial charge in [-0.25, -0.2) is 12.8 Å². The minimum atomic E-state index is -3.84. The molecule has 0 aliphatic heterocycles. The molecule has 0 saturated heterocycles. The monoisotopic (exact) mass is 324 g/mol. The molecule has 4 nitrogen and oxygen atoms in total. The molecule has 7 heteroatoms. The second kappa shape index (κ2) is 5.05. The summed E-state index contributed by atoms with van der Waals surface area (Å²) in [4.78, 5) is 2.90. The fourth-order valence-electron chi connectivity index (χ4n) is 2.02. The zero-order chi connectivity index (χ0) is 15.0. The van der Waals surface area contributed by atoms with Gasteiger partial charge in [-0.3, -0.25) is 4.72 Å². The predicted octanol–water partition coefficient (Wildman–Crippen LogP) is 3.76. The molecule has 0 fully saturated rings. The first-order valence-electron chi connectivity index (χ1n) is 6.01. The van der Waals surface area contributed by atoms with E-state index < -0.39 is 15.8 Å². The van der Waals surface area contributed by atoms with Crippen molar-refractivity contribution >= 4 is 38.2 Å². The van der Waals surface area contributed by atoms with Crippen LogP contribution in [0.15, 0.2) is 53.6 Å². The Morgan fingerprint density at radius 3 is 2.71 bits per heavy atom. The van der Waals surface area contributed by atoms with E-state index in [0.717, 1.165) is 23.0 Å². The molecule has 0 amide bonds. The number of sulfonamides is 1. The van der Waals surface area contributed by atoms with Crippen LogP contribution in [-0.2, 0) is 10.0 Å². The quantitative estimate of drug-likeness (QED) is 0.770. The van der Waals surface area contributed by atoms with Crippen LogP contribution >= 0.6 is 11.6 Å². The number of benzene rings is 2. The topological polar surface area (TPSA) is 62.0 Å². The summed E-state index contributed by atoms with van der Waals surface area (Å²) in [6.45, 7) is 0. The molecule has 0 saturated carbocycles. The van der Waals surface area contributed by atoms with Gasteiger partial charge in [-0.05, 0) is 36.4 Å². The Morgan fingerprint density at radius 1 is 1.14 bits per heavy atom. The fraction of sp³-hybridized carbons (Fsp3) is 0. The Morgan fingerprint density at radius 2 is 1.95 bits per heavy atom. The number of hydrogen-bond donors (Lipinski definition) is 2. The predicted molar refractivity (Wildman–Crippen MR) is 80.5 cm³/mol. The van der Waals surface area contributed by atoms with E-state index in [9.17, 15) is 12.8 Å². The summed E-state index contributed by atoms with van der Waals surface area (Å²) in [6.07, 6.45) is 1.72. The van der Waals surface area contributed by atoms with Crippen molar-refractivity contribution in [1.29, 1.82) is 0 Å². The Bertz CT molecular complexity index is 922. The van der Waals surface area contributed by atoms with Gasteiger partial charge in [0, 0.05) is 17.1 Å². The number of aromatic amines is 1. The molecular weight excluding hydrogens is 315 g/mol. The number of rotatable bonds is 3. The fourth-order valence-corrected chi connectivity index (χ4v) is 3.37. The summed E-state index contributed by atoms with van der Waals surface area (Å²) in [7, 11) is -3.84. The van der Waals surface area contributed by atoms with E-state index in [1.165, 1.54) is 6.07 Å². The van der Waals surface area contributed by atoms with E-state index in [4.69, 9.17) is 11.6 Å². The number of halogens is 2. The van der Waals surface area contributed by atoms with Gasteiger partial charge in [0.15, 0.2) is 0 Å². The van der Waals surface area contributed by atoms with Crippen LogP contribution in [0.2, 0.25) is 5.02 Å². The molecule has 0 bridgehead atoms. The molecule has 3 aromatic rings. The normalized spacial score (nSPS) is 11.7. The van der Waals surface area contributed by atoms with Gasteiger partial charge in [0.1, 0.15) is 5.82 Å². The lowest BCUT2D eigenvalue weighted by molar-refractivity contribution is 0.600. The van der Waals surface area contributed by atoms with Crippen LogP contribution in [0.5, 0.6) is 0 Å². The van der Waals surface area contributed by atoms with E-state index in [0.29, 0.717) is 5.69 Å². The second-order valence-electron chi connectivity index (χ2n) is 4.43. The van der Waals surface area contributed by atoms with Crippen molar-refractivity contribution in [3.63, 3.8) is 0 Å². The number of fused-ring (bicyclic) bond motifs is 1. The highest BCUT2D eigenvalue weighted by molar-refractivity contribution is 7.92. The molecule has 0 radical (unpaired) electrons. The molecule has 3 rings (SSSR count). The van der Waals surface area contributed by atoms with Gasteiger partial charge < -0.3 is 4.98 Å². The molecule has 2 N–H and O–H groups in total. The van der Waals surface area contributed by atoms with Crippen LogP contribution in [0, 0.1) is 5.82 Å². The number of H-pyrrole nitrogens is 1. The lowest BCUT2D eigenvalue weighted by Gasteiger charge is -2.09. The number of nitrogens with one attached hydrogen (secondary N) is 2. The Balaban J connectivity index is 2.03. The van der Waals surface area contributed by atoms with Crippen molar-refractivity contribution in [2.24, 2.45) is 0 Å². The van der Waals surface area contributed by atoms with Gasteiger partial charge in [-0.2, -0.15) is 0 Å². The van der Waals surface area contributed by atoms with E-state index in [2.05, 4.69) is 9.71 Å². The highest BCUT2D eigenvalue weighted by Crippen LogP contribution is 2.26. The summed E-state index contributed by atoms with van der Waals surface area (Å²) < 4.78 is 40.3. The van der Waals surface area contributed by atoms with Crippen LogP contribution in [0.1, 0.15) is 0 Å². The Hall–Kier alpha value is -2.05. The van der Waals surface area contributed by atoms with Gasteiger partial charge >= 0.3 is 0 Å². The number of anilines is 1. The average molecular weight is 325 g/mol. The van der Waals surface area contributed by atoms with Gasteiger partial charge in [-0.1, -0.05) is 17.7 Å². The molecule has 1 heterocycles. The summed E-state index contributed by atoms with van der Waals surface area (Å²) in [5.41, 5.74) is 1.25. The maximum Gasteiger partial charge on any atom is 0.261 e. The largest absolute Gasteiger partial charge is 0.361 e. The third-order valence-corrected chi connectivity index (χ3v) is 4.69. The standard InChI is InChI=1S/C14H10ClFN2O2S/c15-11-8-9(4-5-12(11)16)21(19,20)18-14-3-1-2-13-10(14)6-7-17-13/h1-8,17-18H. The lowest BCUT2D eigenvalue weighted by atomic mass is 10.2. The van der Waals surface area contributed by atoms with Crippen molar-refractivity contribution in [2.75, 3.05) is 4.72 Å². The first-order chi connectivity index (χ1) is 9.97. The SMILES string of the molecule is O=S(=O)(Nc1cccc2[nH]ccc12)c1ccc(F)c(Cl)c1. The van der Waals surface area contributed by atoms with Gasteiger partial charge in [0.05, 0.1) is 15.6 Å². The smallest absolute Gasteiger partial charge is 0.261 e. The van der Waals surface area contributed by atoms with Crippen LogP contribution in [0.25, 0.3) is 10.9 Å². The van der Waals surface area contributed by atoms with Crippen LogP contribution in [0.3, 0.4) is 0 Å². The molecule has 0 aliphatic rings. The van der Waals surface area contributed by atoms with E-state index in [1.807, 2.05) is 6.07 Å². The first-order valence-corrected chi connectivity index (χ1v) is 7.87. The van der Waals surface area contributed by atoms with Crippen LogP contribution < -0.4 is 4.72 Å². The molecule has 0 aliphatic carbocycles. The highest BCUT2D eigenvalue weighted by Gasteiger charge is 2.17. The number of hydrogen-bond acceptors (Lipinski definition) is 2. The van der Waals surface area contributed by atoms with Gasteiger partial charge in [0.2, 0.25) is 0 Å². The average Bonchev–Trinajstić information content (AvgIpc) is 2.91. The summed E-state index contributed by atoms with van der Waals surface area (Å²) in [5, 5.41) is 0.506. The van der Waals surface area contributed by atoms with Crippen molar-refractivity contribution in [3.05, 3.63) is 59.5 Å². The molecule has 2 aromatic carbocycles. The molecule has 108 valence electrons. The number of aromatic nitrogens is 1. The Labute approximate surface area is 125 Å². The highest BCUT2D eigenvalue weighted by atomic mass is 35.5. The van der Waals surface area contributed by atoms with Gasteiger partial charge in [0.25, 0.3) is 10.0 Å². The maximum atomic E-state index is 13.1. The third-order valence-electron chi connectivity index (χ3n) is 3.04. The van der Waals surface area contributed by atoms with Crippen molar-refractivity contribution < 1.29 is 12.8 Å². The van der Waals surface area contributed by atoms with Crippen molar-refractivity contribution in [3.8, 4) is 0 Å². The van der Waals surface area contributed by atoms with E-state index in [1.54, 1.807) is 24.4 Å². The first kappa shape index (κ1) is 13.9. The molecule has 21 heavy (non-hydrogen) atoms. The summed E-state index contributed by atoms with van der Waals surface area (Å²) in [6, 6.07) is 10.3. The van der Waals surface area contributed by atoms with Crippen molar-refractivity contribution in [1.82, 2.24) is 4.98 Å². The third kappa shape index (κ3) is 2.59. The second-order valence-corrected chi connectivity index (χ2v) is 6.52. The Kier molecular flexibility index (Phi) is 3.35. The molecule has 0 atom stereocenters. The van der Waals surface area contributed by atoms with Crippen molar-refractivity contribution in [2.45, 2.75) is 4.90 Å². The molecule has 0 spiro atoms. The molecular formula is C14H10ClFN2O2S. The maximum absolute atomic E-state index is 13.1. The zero-order valence-electron chi connectivity index (χ0n) is 10.6. The lowest BCUT2D eigenvalue weighted by Crippen LogP contribution is -2.13.